The number of hydrogen-bond acceptors (Lipinski definition) is 3. The summed E-state index contributed by atoms with van der Waals surface area (Å²) in [6.07, 6.45) is 2.80. The molecule has 0 aliphatic heterocycles. The van der Waals surface area contributed by atoms with Crippen LogP contribution in [0.5, 0.6) is 5.75 Å². The van der Waals surface area contributed by atoms with E-state index >= 15 is 0 Å². The summed E-state index contributed by atoms with van der Waals surface area (Å²) >= 11 is 0. The highest BCUT2D eigenvalue weighted by molar-refractivity contribution is 6.00. The van der Waals surface area contributed by atoms with E-state index in [1.54, 1.807) is 12.1 Å². The molecule has 0 radical (unpaired) electrons. The van der Waals surface area contributed by atoms with E-state index in [-0.39, 0.29) is 11.8 Å². The van der Waals surface area contributed by atoms with Gasteiger partial charge < -0.3 is 10.5 Å². The minimum Gasteiger partial charge on any atom is -0.494 e. The summed E-state index contributed by atoms with van der Waals surface area (Å²) in [5, 5.41) is 0. The molecule has 0 bridgehead atoms. The van der Waals surface area contributed by atoms with E-state index in [1.165, 1.54) is 0 Å². The van der Waals surface area contributed by atoms with E-state index in [4.69, 9.17) is 10.5 Å². The molecule has 0 fully saturated rings. The van der Waals surface area contributed by atoms with Gasteiger partial charge in [-0.05, 0) is 37.6 Å². The average molecular weight is 235 g/mol. The number of benzene rings is 1. The molecule has 0 amide bonds. The number of ketones is 1. The number of rotatable bonds is 7. The van der Waals surface area contributed by atoms with Gasteiger partial charge in [-0.1, -0.05) is 19.8 Å². The fourth-order valence-corrected chi connectivity index (χ4v) is 1.65. The zero-order chi connectivity index (χ0) is 12.7. The summed E-state index contributed by atoms with van der Waals surface area (Å²) in [5.41, 5.74) is 6.52. The van der Waals surface area contributed by atoms with Gasteiger partial charge in [0.25, 0.3) is 0 Å². The van der Waals surface area contributed by atoms with Crippen LogP contribution in [0, 0.1) is 0 Å². The maximum absolute atomic E-state index is 12.0. The fourth-order valence-electron chi connectivity index (χ4n) is 1.65. The zero-order valence-corrected chi connectivity index (χ0v) is 10.6. The third-order valence-electron chi connectivity index (χ3n) is 2.66. The monoisotopic (exact) mass is 235 g/mol. The Kier molecular flexibility index (Phi) is 5.70. The van der Waals surface area contributed by atoms with E-state index in [2.05, 4.69) is 6.92 Å². The van der Waals surface area contributed by atoms with Crippen molar-refractivity contribution in [3.05, 3.63) is 29.8 Å². The predicted molar refractivity (Wildman–Crippen MR) is 69.4 cm³/mol. The lowest BCUT2D eigenvalue weighted by molar-refractivity contribution is 0.0956. The van der Waals surface area contributed by atoms with Crippen LogP contribution in [0.2, 0.25) is 0 Å². The Morgan fingerprint density at radius 3 is 2.47 bits per heavy atom. The van der Waals surface area contributed by atoms with Crippen LogP contribution in [0.15, 0.2) is 24.3 Å². The van der Waals surface area contributed by atoms with Gasteiger partial charge >= 0.3 is 0 Å². The third-order valence-corrected chi connectivity index (χ3v) is 2.66. The molecule has 0 aliphatic rings. The summed E-state index contributed by atoms with van der Waals surface area (Å²) in [5.74, 6) is 0.799. The van der Waals surface area contributed by atoms with Crippen molar-refractivity contribution in [2.45, 2.75) is 39.2 Å². The zero-order valence-electron chi connectivity index (χ0n) is 10.6. The van der Waals surface area contributed by atoms with Gasteiger partial charge in [0.05, 0.1) is 12.6 Å². The standard InChI is InChI=1S/C14H21NO2/c1-3-5-6-13(15)14(16)11-7-9-12(10-8-11)17-4-2/h7-10,13H,3-6,15H2,1-2H3. The van der Waals surface area contributed by atoms with Gasteiger partial charge in [-0.15, -0.1) is 0 Å². The Morgan fingerprint density at radius 2 is 1.94 bits per heavy atom. The number of carbonyl (C=O) groups excluding carboxylic acids is 1. The molecular weight excluding hydrogens is 214 g/mol. The molecule has 1 aromatic carbocycles. The second-order valence-electron chi connectivity index (χ2n) is 4.07. The second-order valence-corrected chi connectivity index (χ2v) is 4.07. The quantitative estimate of drug-likeness (QED) is 0.739. The summed E-state index contributed by atoms with van der Waals surface area (Å²) < 4.78 is 5.32. The second kappa shape index (κ2) is 7.07. The van der Waals surface area contributed by atoms with E-state index in [1.807, 2.05) is 19.1 Å². The Bertz CT molecular complexity index is 346. The number of carbonyl (C=O) groups is 1. The predicted octanol–water partition coefficient (Wildman–Crippen LogP) is 2.79. The van der Waals surface area contributed by atoms with Gasteiger partial charge in [0.2, 0.25) is 0 Å². The Labute approximate surface area is 103 Å². The van der Waals surface area contributed by atoms with E-state index < -0.39 is 0 Å². The first-order valence-electron chi connectivity index (χ1n) is 6.21. The Balaban J connectivity index is 2.62. The lowest BCUT2D eigenvalue weighted by atomic mass is 10.0. The van der Waals surface area contributed by atoms with Crippen molar-refractivity contribution in [1.82, 2.24) is 0 Å². The van der Waals surface area contributed by atoms with Crippen molar-refractivity contribution in [1.29, 1.82) is 0 Å². The van der Waals surface area contributed by atoms with Gasteiger partial charge in [-0.3, -0.25) is 4.79 Å². The smallest absolute Gasteiger partial charge is 0.179 e. The van der Waals surface area contributed by atoms with Crippen molar-refractivity contribution in [3.8, 4) is 5.75 Å². The third kappa shape index (κ3) is 4.19. The molecule has 0 aromatic heterocycles. The maximum atomic E-state index is 12.0. The first-order valence-corrected chi connectivity index (χ1v) is 6.21. The highest BCUT2D eigenvalue weighted by Crippen LogP contribution is 2.14. The normalized spacial score (nSPS) is 12.2. The molecule has 0 spiro atoms. The van der Waals surface area contributed by atoms with Crippen molar-refractivity contribution in [2.24, 2.45) is 5.73 Å². The number of nitrogens with two attached hydrogens (primary N) is 1. The first kappa shape index (κ1) is 13.7. The van der Waals surface area contributed by atoms with Crippen LogP contribution in [-0.4, -0.2) is 18.4 Å². The SMILES string of the molecule is CCCCC(N)C(=O)c1ccc(OCC)cc1. The van der Waals surface area contributed by atoms with Gasteiger partial charge in [0.15, 0.2) is 5.78 Å². The van der Waals surface area contributed by atoms with Crippen molar-refractivity contribution >= 4 is 5.78 Å². The number of hydrogen-bond donors (Lipinski definition) is 1. The van der Waals surface area contributed by atoms with Gasteiger partial charge in [-0.2, -0.15) is 0 Å². The largest absolute Gasteiger partial charge is 0.494 e. The molecule has 1 rings (SSSR count). The minimum absolute atomic E-state index is 0.0153. The molecule has 3 heteroatoms. The van der Waals surface area contributed by atoms with Crippen LogP contribution in [0.1, 0.15) is 43.5 Å². The number of Topliss-reactive ketones (excluding diaryl/α,β-unsaturated/α-hetero) is 1. The van der Waals surface area contributed by atoms with E-state index in [9.17, 15) is 4.79 Å². The van der Waals surface area contributed by atoms with Crippen LogP contribution >= 0.6 is 0 Å². The fraction of sp³-hybridized carbons (Fsp3) is 0.500. The lowest BCUT2D eigenvalue weighted by Gasteiger charge is -2.10. The Morgan fingerprint density at radius 1 is 1.29 bits per heavy atom. The topological polar surface area (TPSA) is 52.3 Å². The van der Waals surface area contributed by atoms with Crippen LogP contribution in [-0.2, 0) is 0 Å². The lowest BCUT2D eigenvalue weighted by Crippen LogP contribution is -2.30. The van der Waals surface area contributed by atoms with E-state index in [0.29, 0.717) is 12.2 Å². The molecule has 1 atom stereocenters. The summed E-state index contributed by atoms with van der Waals surface area (Å²) in [6.45, 7) is 4.65. The molecule has 0 saturated heterocycles. The number of ether oxygens (including phenoxy) is 1. The summed E-state index contributed by atoms with van der Waals surface area (Å²) in [6, 6.07) is 6.79. The highest BCUT2D eigenvalue weighted by atomic mass is 16.5. The van der Waals surface area contributed by atoms with Crippen LogP contribution < -0.4 is 10.5 Å². The number of unbranched alkanes of at least 4 members (excludes halogenated alkanes) is 1. The molecular formula is C14H21NO2. The van der Waals surface area contributed by atoms with Crippen molar-refractivity contribution < 1.29 is 9.53 Å². The Hall–Kier alpha value is -1.35. The first-order chi connectivity index (χ1) is 8.19. The highest BCUT2D eigenvalue weighted by Gasteiger charge is 2.14. The van der Waals surface area contributed by atoms with Crippen molar-refractivity contribution in [2.75, 3.05) is 6.61 Å². The molecule has 0 heterocycles. The van der Waals surface area contributed by atoms with Crippen LogP contribution in [0.25, 0.3) is 0 Å². The summed E-state index contributed by atoms with van der Waals surface area (Å²) in [4.78, 5) is 12.0. The van der Waals surface area contributed by atoms with Crippen molar-refractivity contribution in [3.63, 3.8) is 0 Å². The molecule has 1 unspecified atom stereocenters. The van der Waals surface area contributed by atoms with Crippen LogP contribution in [0.3, 0.4) is 0 Å². The van der Waals surface area contributed by atoms with Gasteiger partial charge in [0, 0.05) is 5.56 Å². The molecule has 17 heavy (non-hydrogen) atoms. The van der Waals surface area contributed by atoms with Gasteiger partial charge in [-0.25, -0.2) is 0 Å². The molecule has 2 N–H and O–H groups in total. The van der Waals surface area contributed by atoms with Gasteiger partial charge in [0.1, 0.15) is 5.75 Å². The molecule has 0 saturated carbocycles. The molecule has 1 aromatic rings. The van der Waals surface area contributed by atoms with Crippen LogP contribution in [0.4, 0.5) is 0 Å². The molecule has 3 nitrogen and oxygen atoms in total. The summed E-state index contributed by atoms with van der Waals surface area (Å²) in [7, 11) is 0. The molecule has 94 valence electrons. The van der Waals surface area contributed by atoms with E-state index in [0.717, 1.165) is 25.0 Å². The average Bonchev–Trinajstić information content (AvgIpc) is 2.36. The molecule has 0 aliphatic carbocycles. The maximum Gasteiger partial charge on any atom is 0.179 e. The minimum atomic E-state index is -0.382.